The molecule has 0 radical (unpaired) electrons. The Balaban J connectivity index is 1.99. The smallest absolute Gasteiger partial charge is 0.213 e. The Morgan fingerprint density at radius 1 is 0.870 bits per heavy atom. The molecule has 1 aromatic heterocycles. The van der Waals surface area contributed by atoms with Gasteiger partial charge in [-0.05, 0) is 66.6 Å². The summed E-state index contributed by atoms with van der Waals surface area (Å²) in [5.74, 6) is 0.957. The second kappa shape index (κ2) is 5.09. The molecule has 4 rings (SSSR count). The van der Waals surface area contributed by atoms with E-state index in [1.807, 2.05) is 0 Å². The maximum Gasteiger partial charge on any atom is 0.213 e. The standard InChI is InChI=1S/C21H22NO/c1-13-7-16-5-6-22-12-18-8-15(3)21(23-4)11-17(18)10-20(22)19(16)9-14(13)2/h7-12H,5-6H2,1-4H3/q+1. The van der Waals surface area contributed by atoms with Crippen LogP contribution in [0.25, 0.3) is 22.0 Å². The van der Waals surface area contributed by atoms with E-state index in [1.54, 1.807) is 7.11 Å². The first-order valence-electron chi connectivity index (χ1n) is 8.19. The van der Waals surface area contributed by atoms with Crippen molar-refractivity contribution in [2.45, 2.75) is 33.7 Å². The quantitative estimate of drug-likeness (QED) is 0.611. The lowest BCUT2D eigenvalue weighted by molar-refractivity contribution is -0.686. The highest BCUT2D eigenvalue weighted by atomic mass is 16.5. The van der Waals surface area contributed by atoms with E-state index < -0.39 is 0 Å². The molecule has 2 aromatic carbocycles. The number of hydrogen-bond acceptors (Lipinski definition) is 1. The van der Waals surface area contributed by atoms with Gasteiger partial charge in [-0.1, -0.05) is 6.07 Å². The summed E-state index contributed by atoms with van der Waals surface area (Å²) in [6.45, 7) is 7.55. The van der Waals surface area contributed by atoms with Crippen molar-refractivity contribution in [1.82, 2.24) is 0 Å². The summed E-state index contributed by atoms with van der Waals surface area (Å²) >= 11 is 0. The number of fused-ring (bicyclic) bond motifs is 4. The minimum absolute atomic E-state index is 0.957. The molecule has 2 nitrogen and oxygen atoms in total. The van der Waals surface area contributed by atoms with Gasteiger partial charge in [-0.25, -0.2) is 0 Å². The van der Waals surface area contributed by atoms with E-state index >= 15 is 0 Å². The van der Waals surface area contributed by atoms with Crippen molar-refractivity contribution in [3.05, 3.63) is 58.8 Å². The molecule has 1 aliphatic rings. The van der Waals surface area contributed by atoms with Crippen LogP contribution in [0.3, 0.4) is 0 Å². The molecule has 23 heavy (non-hydrogen) atoms. The van der Waals surface area contributed by atoms with Crippen LogP contribution in [0, 0.1) is 20.8 Å². The summed E-state index contributed by atoms with van der Waals surface area (Å²) in [6, 6.07) is 11.4. The van der Waals surface area contributed by atoms with Crippen LogP contribution < -0.4 is 9.30 Å². The van der Waals surface area contributed by atoms with Gasteiger partial charge in [0.1, 0.15) is 5.75 Å². The van der Waals surface area contributed by atoms with E-state index in [-0.39, 0.29) is 0 Å². The Morgan fingerprint density at radius 2 is 1.65 bits per heavy atom. The molecule has 116 valence electrons. The van der Waals surface area contributed by atoms with Crippen molar-refractivity contribution in [3.8, 4) is 17.0 Å². The largest absolute Gasteiger partial charge is 0.496 e. The number of ether oxygens (including phenoxy) is 1. The molecule has 0 saturated carbocycles. The Kier molecular flexibility index (Phi) is 3.15. The first-order valence-corrected chi connectivity index (χ1v) is 8.19. The number of methoxy groups -OCH3 is 1. The molecular weight excluding hydrogens is 282 g/mol. The summed E-state index contributed by atoms with van der Waals surface area (Å²) < 4.78 is 7.89. The fraction of sp³-hybridized carbons (Fsp3) is 0.286. The van der Waals surface area contributed by atoms with E-state index in [4.69, 9.17) is 4.74 Å². The summed E-state index contributed by atoms with van der Waals surface area (Å²) in [6.07, 6.45) is 3.39. The first-order chi connectivity index (χ1) is 11.1. The number of hydrogen-bond donors (Lipinski definition) is 0. The van der Waals surface area contributed by atoms with Gasteiger partial charge in [0.05, 0.1) is 7.11 Å². The second-order valence-corrected chi connectivity index (χ2v) is 6.65. The Bertz CT molecular complexity index is 940. The summed E-state index contributed by atoms with van der Waals surface area (Å²) in [5, 5.41) is 2.52. The zero-order chi connectivity index (χ0) is 16.1. The lowest BCUT2D eigenvalue weighted by Gasteiger charge is -2.17. The Hall–Kier alpha value is -2.35. The van der Waals surface area contributed by atoms with Gasteiger partial charge in [0.15, 0.2) is 12.7 Å². The average molecular weight is 304 g/mol. The van der Waals surface area contributed by atoms with Gasteiger partial charge in [0.25, 0.3) is 0 Å². The number of nitrogens with zero attached hydrogens (tertiary/aromatic N) is 1. The van der Waals surface area contributed by atoms with Crippen LogP contribution in [0.1, 0.15) is 22.3 Å². The van der Waals surface area contributed by atoms with E-state index in [0.29, 0.717) is 0 Å². The Morgan fingerprint density at radius 3 is 2.43 bits per heavy atom. The van der Waals surface area contributed by atoms with Crippen LogP contribution in [0.5, 0.6) is 5.75 Å². The normalized spacial score (nSPS) is 12.9. The SMILES string of the molecule is COc1cc2cc3[n+](cc2cc1C)CCc1cc(C)c(C)cc1-3. The van der Waals surface area contributed by atoms with E-state index in [1.165, 1.54) is 44.3 Å². The molecule has 1 aliphatic heterocycles. The van der Waals surface area contributed by atoms with Gasteiger partial charge >= 0.3 is 0 Å². The van der Waals surface area contributed by atoms with Gasteiger partial charge in [0, 0.05) is 23.4 Å². The molecule has 0 atom stereocenters. The number of pyridine rings is 1. The third-order valence-electron chi connectivity index (χ3n) is 5.11. The van der Waals surface area contributed by atoms with Crippen molar-refractivity contribution in [1.29, 1.82) is 0 Å². The molecule has 2 heterocycles. The van der Waals surface area contributed by atoms with E-state index in [9.17, 15) is 0 Å². The summed E-state index contributed by atoms with van der Waals surface area (Å²) in [7, 11) is 1.74. The molecular formula is C21H22NO+. The number of rotatable bonds is 1. The molecule has 0 spiro atoms. The zero-order valence-electron chi connectivity index (χ0n) is 14.2. The number of aromatic nitrogens is 1. The van der Waals surface area contributed by atoms with Gasteiger partial charge in [-0.15, -0.1) is 0 Å². The lowest BCUT2D eigenvalue weighted by Crippen LogP contribution is -2.40. The maximum atomic E-state index is 5.49. The topological polar surface area (TPSA) is 13.1 Å². The molecule has 0 N–H and O–H groups in total. The van der Waals surface area contributed by atoms with Gasteiger partial charge in [-0.2, -0.15) is 4.57 Å². The van der Waals surface area contributed by atoms with Crippen molar-refractivity contribution in [3.63, 3.8) is 0 Å². The van der Waals surface area contributed by atoms with Crippen LogP contribution in [0.2, 0.25) is 0 Å². The highest BCUT2D eigenvalue weighted by Crippen LogP contribution is 2.32. The molecule has 0 aliphatic carbocycles. The van der Waals surface area contributed by atoms with Crippen LogP contribution in [-0.2, 0) is 13.0 Å². The predicted molar refractivity (Wildman–Crippen MR) is 94.0 cm³/mol. The predicted octanol–water partition coefficient (Wildman–Crippen LogP) is 4.28. The average Bonchev–Trinajstić information content (AvgIpc) is 2.54. The third kappa shape index (κ3) is 2.21. The molecule has 0 bridgehead atoms. The molecule has 0 saturated heterocycles. The first kappa shape index (κ1) is 14.3. The maximum absolute atomic E-state index is 5.49. The summed E-state index contributed by atoms with van der Waals surface area (Å²) in [4.78, 5) is 0. The molecule has 3 aromatic rings. The molecule has 0 fully saturated rings. The molecule has 0 amide bonds. The van der Waals surface area contributed by atoms with Gasteiger partial charge < -0.3 is 4.74 Å². The lowest BCUT2D eigenvalue weighted by atomic mass is 9.92. The molecule has 0 unspecified atom stereocenters. The molecule has 2 heteroatoms. The summed E-state index contributed by atoms with van der Waals surface area (Å²) in [5.41, 5.74) is 8.08. The van der Waals surface area contributed by atoms with Crippen LogP contribution in [0.4, 0.5) is 0 Å². The van der Waals surface area contributed by atoms with Gasteiger partial charge in [-0.3, -0.25) is 0 Å². The highest BCUT2D eigenvalue weighted by molar-refractivity contribution is 5.86. The fourth-order valence-corrected chi connectivity index (χ4v) is 3.63. The van der Waals surface area contributed by atoms with Crippen LogP contribution in [-0.4, -0.2) is 7.11 Å². The fourth-order valence-electron chi connectivity index (χ4n) is 3.63. The zero-order valence-corrected chi connectivity index (χ0v) is 14.2. The van der Waals surface area contributed by atoms with Gasteiger partial charge in [0.2, 0.25) is 5.69 Å². The van der Waals surface area contributed by atoms with Crippen molar-refractivity contribution < 1.29 is 9.30 Å². The Labute approximate surface area is 137 Å². The van der Waals surface area contributed by atoms with Crippen molar-refractivity contribution in [2.24, 2.45) is 0 Å². The monoisotopic (exact) mass is 304 g/mol. The highest BCUT2D eigenvalue weighted by Gasteiger charge is 2.24. The van der Waals surface area contributed by atoms with Crippen LogP contribution in [0.15, 0.2) is 36.5 Å². The van der Waals surface area contributed by atoms with Crippen molar-refractivity contribution >= 4 is 10.8 Å². The number of aryl methyl sites for hydroxylation is 5. The minimum atomic E-state index is 0.957. The van der Waals surface area contributed by atoms with Crippen LogP contribution >= 0.6 is 0 Å². The number of benzene rings is 2. The van der Waals surface area contributed by atoms with E-state index in [0.717, 1.165) is 18.7 Å². The third-order valence-corrected chi connectivity index (χ3v) is 5.11. The minimum Gasteiger partial charge on any atom is -0.496 e. The van der Waals surface area contributed by atoms with Crippen molar-refractivity contribution in [2.75, 3.05) is 7.11 Å². The second-order valence-electron chi connectivity index (χ2n) is 6.65. The van der Waals surface area contributed by atoms with E-state index in [2.05, 4.69) is 61.9 Å².